The molecule has 1 heterocycles. The maximum atomic E-state index is 12.2. The van der Waals surface area contributed by atoms with E-state index in [4.69, 9.17) is 5.73 Å². The lowest BCUT2D eigenvalue weighted by molar-refractivity contribution is 0.512. The van der Waals surface area contributed by atoms with Gasteiger partial charge in [-0.1, -0.05) is 33.6 Å². The molecule has 1 aromatic rings. The fraction of sp³-hybridized carbons (Fsp3) is 0.769. The summed E-state index contributed by atoms with van der Waals surface area (Å²) < 4.78 is 28.9. The Morgan fingerprint density at radius 1 is 1.43 bits per heavy atom. The summed E-state index contributed by atoms with van der Waals surface area (Å²) in [5, 5.41) is 0.0631. The van der Waals surface area contributed by atoms with E-state index < -0.39 is 10.0 Å². The van der Waals surface area contributed by atoms with Crippen LogP contribution in [0.2, 0.25) is 0 Å². The van der Waals surface area contributed by atoms with Crippen molar-refractivity contribution in [2.24, 2.45) is 11.7 Å². The molecule has 0 aliphatic rings. The van der Waals surface area contributed by atoms with Gasteiger partial charge in [0.15, 0.2) is 5.03 Å². The van der Waals surface area contributed by atoms with Crippen LogP contribution in [0.1, 0.15) is 40.0 Å². The topological polar surface area (TPSA) is 90.0 Å². The van der Waals surface area contributed by atoms with E-state index in [0.717, 1.165) is 25.8 Å². The van der Waals surface area contributed by atoms with Crippen molar-refractivity contribution >= 4 is 22.4 Å². The van der Waals surface area contributed by atoms with Crippen molar-refractivity contribution < 1.29 is 8.42 Å². The molecule has 0 aliphatic heterocycles. The second-order valence-electron chi connectivity index (χ2n) is 5.50. The molecule has 0 saturated carbocycles. The van der Waals surface area contributed by atoms with Crippen molar-refractivity contribution in [2.45, 2.75) is 57.6 Å². The van der Waals surface area contributed by atoms with E-state index in [1.165, 1.54) is 0 Å². The standard InChI is InChI=1S/C13H26N4O2S.ClH/c1-4-5-6-12(7-14)16-20(18,19)13-9-17(10-15-13)8-11(2)3;/h9-12,16H,4-8,14H2,1-3H3;1H. The minimum atomic E-state index is -3.58. The van der Waals surface area contributed by atoms with Gasteiger partial charge in [0.2, 0.25) is 0 Å². The monoisotopic (exact) mass is 338 g/mol. The van der Waals surface area contributed by atoms with E-state index in [1.54, 1.807) is 17.1 Å². The van der Waals surface area contributed by atoms with E-state index in [0.29, 0.717) is 12.5 Å². The smallest absolute Gasteiger partial charge is 0.259 e. The molecule has 0 aliphatic carbocycles. The molecule has 0 bridgehead atoms. The predicted octanol–water partition coefficient (Wildman–Crippen LogP) is 1.76. The molecule has 1 unspecified atom stereocenters. The van der Waals surface area contributed by atoms with Crippen LogP contribution in [0.3, 0.4) is 0 Å². The highest BCUT2D eigenvalue weighted by Crippen LogP contribution is 2.10. The van der Waals surface area contributed by atoms with E-state index >= 15 is 0 Å². The highest BCUT2D eigenvalue weighted by molar-refractivity contribution is 7.89. The number of unbranched alkanes of at least 4 members (excludes halogenated alkanes) is 1. The average molecular weight is 339 g/mol. The van der Waals surface area contributed by atoms with E-state index in [-0.39, 0.29) is 23.5 Å². The van der Waals surface area contributed by atoms with Gasteiger partial charge in [-0.25, -0.2) is 18.1 Å². The lowest BCUT2D eigenvalue weighted by atomic mass is 10.1. The molecule has 3 N–H and O–H groups in total. The molecule has 0 amide bonds. The van der Waals surface area contributed by atoms with Gasteiger partial charge in [-0.15, -0.1) is 12.4 Å². The van der Waals surface area contributed by atoms with Crippen molar-refractivity contribution in [3.63, 3.8) is 0 Å². The zero-order valence-corrected chi connectivity index (χ0v) is 14.6. The molecule has 1 aromatic heterocycles. The van der Waals surface area contributed by atoms with E-state index in [2.05, 4.69) is 30.5 Å². The molecule has 6 nitrogen and oxygen atoms in total. The summed E-state index contributed by atoms with van der Waals surface area (Å²) in [5.74, 6) is 0.439. The van der Waals surface area contributed by atoms with Crippen LogP contribution in [-0.4, -0.2) is 30.6 Å². The summed E-state index contributed by atoms with van der Waals surface area (Å²) in [6.07, 6.45) is 5.83. The number of imidazole rings is 1. The van der Waals surface area contributed by atoms with Crippen LogP contribution in [0.25, 0.3) is 0 Å². The minimum absolute atomic E-state index is 0. The fourth-order valence-electron chi connectivity index (χ4n) is 1.96. The van der Waals surface area contributed by atoms with Crippen LogP contribution in [0, 0.1) is 5.92 Å². The number of hydrogen-bond acceptors (Lipinski definition) is 4. The summed E-state index contributed by atoms with van der Waals surface area (Å²) in [5.41, 5.74) is 5.62. The van der Waals surface area contributed by atoms with Gasteiger partial charge in [0, 0.05) is 25.3 Å². The molecule has 8 heteroatoms. The maximum absolute atomic E-state index is 12.2. The van der Waals surface area contributed by atoms with Crippen LogP contribution >= 0.6 is 12.4 Å². The lowest BCUT2D eigenvalue weighted by Gasteiger charge is -2.15. The zero-order chi connectivity index (χ0) is 15.2. The van der Waals surface area contributed by atoms with Gasteiger partial charge in [-0.3, -0.25) is 0 Å². The Morgan fingerprint density at radius 2 is 2.10 bits per heavy atom. The third kappa shape index (κ3) is 6.78. The number of hydrogen-bond donors (Lipinski definition) is 2. The Balaban J connectivity index is 0.00000400. The normalized spacial score (nSPS) is 13.2. The molecule has 1 rings (SSSR count). The molecule has 0 radical (unpaired) electrons. The second kappa shape index (κ2) is 9.40. The molecule has 0 aromatic carbocycles. The first-order valence-corrected chi connectivity index (χ1v) is 8.61. The van der Waals surface area contributed by atoms with Crippen molar-refractivity contribution in [1.82, 2.24) is 14.3 Å². The predicted molar refractivity (Wildman–Crippen MR) is 87.0 cm³/mol. The summed E-state index contributed by atoms with van der Waals surface area (Å²) in [6.45, 7) is 7.25. The van der Waals surface area contributed by atoms with Gasteiger partial charge >= 0.3 is 0 Å². The third-order valence-corrected chi connectivity index (χ3v) is 4.38. The molecule has 1 atom stereocenters. The molecule has 124 valence electrons. The van der Waals surface area contributed by atoms with Crippen LogP contribution in [-0.2, 0) is 16.6 Å². The highest BCUT2D eigenvalue weighted by atomic mass is 35.5. The Bertz CT molecular complexity index is 502. The van der Waals surface area contributed by atoms with Gasteiger partial charge in [0.05, 0.1) is 6.33 Å². The largest absolute Gasteiger partial charge is 0.336 e. The Morgan fingerprint density at radius 3 is 2.62 bits per heavy atom. The number of rotatable bonds is 9. The van der Waals surface area contributed by atoms with Crippen molar-refractivity contribution in [3.8, 4) is 0 Å². The second-order valence-corrected chi connectivity index (χ2v) is 7.16. The average Bonchev–Trinajstić information content (AvgIpc) is 2.82. The quantitative estimate of drug-likeness (QED) is 0.717. The summed E-state index contributed by atoms with van der Waals surface area (Å²) in [6, 6.07) is -0.227. The summed E-state index contributed by atoms with van der Waals surface area (Å²) in [4.78, 5) is 3.98. The van der Waals surface area contributed by atoms with Gasteiger partial charge in [0.25, 0.3) is 10.0 Å². The Hall–Kier alpha value is -0.630. The van der Waals surface area contributed by atoms with E-state index in [1.807, 2.05) is 0 Å². The fourth-order valence-corrected chi connectivity index (χ4v) is 3.19. The summed E-state index contributed by atoms with van der Waals surface area (Å²) >= 11 is 0. The van der Waals surface area contributed by atoms with Crippen LogP contribution in [0.4, 0.5) is 0 Å². The first-order valence-electron chi connectivity index (χ1n) is 7.13. The van der Waals surface area contributed by atoms with Crippen molar-refractivity contribution in [3.05, 3.63) is 12.5 Å². The molecular weight excluding hydrogens is 312 g/mol. The van der Waals surface area contributed by atoms with Gasteiger partial charge in [-0.2, -0.15) is 0 Å². The minimum Gasteiger partial charge on any atom is -0.336 e. The number of sulfonamides is 1. The molecule has 0 saturated heterocycles. The van der Waals surface area contributed by atoms with Crippen LogP contribution in [0.15, 0.2) is 17.6 Å². The SMILES string of the molecule is CCCCC(CN)NS(=O)(=O)c1cn(CC(C)C)cn1.Cl. The molecular formula is C13H27ClN4O2S. The number of nitrogens with one attached hydrogen (secondary N) is 1. The Labute approximate surface area is 134 Å². The van der Waals surface area contributed by atoms with Crippen LogP contribution < -0.4 is 10.5 Å². The van der Waals surface area contributed by atoms with Gasteiger partial charge in [0.1, 0.15) is 0 Å². The molecule has 21 heavy (non-hydrogen) atoms. The van der Waals surface area contributed by atoms with Crippen LogP contribution in [0.5, 0.6) is 0 Å². The van der Waals surface area contributed by atoms with E-state index in [9.17, 15) is 8.42 Å². The summed E-state index contributed by atoms with van der Waals surface area (Å²) in [7, 11) is -3.58. The zero-order valence-electron chi connectivity index (χ0n) is 12.9. The lowest BCUT2D eigenvalue weighted by Crippen LogP contribution is -2.40. The van der Waals surface area contributed by atoms with Gasteiger partial charge < -0.3 is 10.3 Å². The molecule has 0 fully saturated rings. The number of nitrogens with two attached hydrogens (primary N) is 1. The number of aromatic nitrogens is 2. The highest BCUT2D eigenvalue weighted by Gasteiger charge is 2.21. The Kier molecular flexibility index (Phi) is 9.12. The maximum Gasteiger partial charge on any atom is 0.259 e. The van der Waals surface area contributed by atoms with Gasteiger partial charge in [-0.05, 0) is 12.3 Å². The first kappa shape index (κ1) is 20.4. The third-order valence-electron chi connectivity index (χ3n) is 2.97. The number of halogens is 1. The van der Waals surface area contributed by atoms with Crippen molar-refractivity contribution in [1.29, 1.82) is 0 Å². The number of nitrogens with zero attached hydrogens (tertiary/aromatic N) is 2. The molecule has 0 spiro atoms. The first-order chi connectivity index (χ1) is 9.39. The van der Waals surface area contributed by atoms with Crippen molar-refractivity contribution in [2.75, 3.05) is 6.54 Å².